The number of para-hydroxylation sites is 2. The van der Waals surface area contributed by atoms with Crippen molar-refractivity contribution in [3.63, 3.8) is 0 Å². The summed E-state index contributed by atoms with van der Waals surface area (Å²) in [6.07, 6.45) is 1.89. The van der Waals surface area contributed by atoms with Crippen LogP contribution in [0.3, 0.4) is 0 Å². The fourth-order valence-electron chi connectivity index (χ4n) is 6.27. The largest absolute Gasteiger partial charge is 0.308 e. The highest BCUT2D eigenvalue weighted by molar-refractivity contribution is 7.25. The number of rotatable bonds is 2. The SMILES string of the molecule is c1cc(-c2ccc3sc4cccnc4c3c2)cc(-c2cc3c4ccccc4n4c5ccccc5c(c2)c34)c1. The minimum atomic E-state index is 1.09. The van der Waals surface area contributed by atoms with Gasteiger partial charge in [-0.3, -0.25) is 4.98 Å². The van der Waals surface area contributed by atoms with Crippen LogP contribution in [-0.4, -0.2) is 9.38 Å². The molecule has 4 heterocycles. The lowest BCUT2D eigenvalue weighted by Crippen LogP contribution is -1.83. The van der Waals surface area contributed by atoms with Gasteiger partial charge in [0.2, 0.25) is 0 Å². The number of thiophene rings is 1. The second-order valence-electron chi connectivity index (χ2n) is 10.0. The number of nitrogens with zero attached hydrogens (tertiary/aromatic N) is 2. The van der Waals surface area contributed by atoms with Crippen molar-refractivity contribution in [1.29, 1.82) is 0 Å². The van der Waals surface area contributed by atoms with Gasteiger partial charge >= 0.3 is 0 Å². The molecule has 9 rings (SSSR count). The molecule has 0 saturated carbocycles. The molecule has 38 heavy (non-hydrogen) atoms. The van der Waals surface area contributed by atoms with Crippen LogP contribution in [0.4, 0.5) is 0 Å². The second kappa shape index (κ2) is 7.41. The first-order valence-corrected chi connectivity index (χ1v) is 13.7. The molecule has 0 bridgehead atoms. The minimum Gasteiger partial charge on any atom is -0.308 e. The van der Waals surface area contributed by atoms with Crippen LogP contribution in [0.1, 0.15) is 0 Å². The Hall–Kier alpha value is -4.73. The Balaban J connectivity index is 1.28. The monoisotopic (exact) mass is 500 g/mol. The van der Waals surface area contributed by atoms with E-state index in [1.165, 1.54) is 75.1 Å². The van der Waals surface area contributed by atoms with Gasteiger partial charge in [-0.2, -0.15) is 0 Å². The lowest BCUT2D eigenvalue weighted by Gasteiger charge is -2.08. The molecule has 0 saturated heterocycles. The van der Waals surface area contributed by atoms with E-state index < -0.39 is 0 Å². The van der Waals surface area contributed by atoms with E-state index in [2.05, 4.69) is 119 Å². The first kappa shape index (κ1) is 20.3. The molecule has 0 unspecified atom stereocenters. The maximum Gasteiger partial charge on any atom is 0.0888 e. The van der Waals surface area contributed by atoms with Crippen LogP contribution in [0.25, 0.3) is 80.7 Å². The Labute approximate surface area is 222 Å². The Bertz CT molecular complexity index is 2270. The van der Waals surface area contributed by atoms with Gasteiger partial charge in [0.25, 0.3) is 0 Å². The molecule has 176 valence electrons. The van der Waals surface area contributed by atoms with Crippen LogP contribution in [0, 0.1) is 0 Å². The van der Waals surface area contributed by atoms with E-state index in [9.17, 15) is 0 Å². The molecule has 0 amide bonds. The molecule has 4 aromatic heterocycles. The lowest BCUT2D eigenvalue weighted by molar-refractivity contribution is 1.37. The van der Waals surface area contributed by atoms with Crippen molar-refractivity contribution in [2.75, 3.05) is 0 Å². The first-order valence-electron chi connectivity index (χ1n) is 12.9. The molecule has 9 aromatic rings. The summed E-state index contributed by atoms with van der Waals surface area (Å²) >= 11 is 1.81. The molecule has 0 aliphatic carbocycles. The van der Waals surface area contributed by atoms with Crippen LogP contribution in [0.5, 0.6) is 0 Å². The highest BCUT2D eigenvalue weighted by Crippen LogP contribution is 2.42. The third kappa shape index (κ3) is 2.69. The topological polar surface area (TPSA) is 17.3 Å². The van der Waals surface area contributed by atoms with Crippen LogP contribution in [0.15, 0.2) is 121 Å². The summed E-state index contributed by atoms with van der Waals surface area (Å²) in [5.41, 5.74) is 9.86. The zero-order chi connectivity index (χ0) is 24.8. The standard InChI is InChI=1S/C35H20N2S/c1-3-11-30-25(9-1)27-19-24(20-28-26-10-2-4-12-31(26)37(30)35(27)28)22-8-5-7-21(17-22)23-14-15-32-29(18-23)34-33(38-32)13-6-16-36-34/h1-20H. The third-order valence-corrected chi connectivity index (χ3v) is 9.08. The van der Waals surface area contributed by atoms with Crippen molar-refractivity contribution in [3.8, 4) is 22.3 Å². The molecule has 0 radical (unpaired) electrons. The van der Waals surface area contributed by atoms with Gasteiger partial charge in [0.15, 0.2) is 0 Å². The van der Waals surface area contributed by atoms with Gasteiger partial charge in [-0.1, -0.05) is 60.7 Å². The Morgan fingerprint density at radius 2 is 1.13 bits per heavy atom. The molecule has 5 aromatic carbocycles. The average molecular weight is 501 g/mol. The van der Waals surface area contributed by atoms with Gasteiger partial charge in [0, 0.05) is 37.8 Å². The van der Waals surface area contributed by atoms with Crippen molar-refractivity contribution in [2.24, 2.45) is 0 Å². The fourth-order valence-corrected chi connectivity index (χ4v) is 7.32. The summed E-state index contributed by atoms with van der Waals surface area (Å²) in [5.74, 6) is 0. The van der Waals surface area contributed by atoms with Crippen molar-refractivity contribution >= 4 is 69.7 Å². The highest BCUT2D eigenvalue weighted by Gasteiger charge is 2.18. The molecule has 3 heteroatoms. The van der Waals surface area contributed by atoms with Crippen LogP contribution in [0.2, 0.25) is 0 Å². The minimum absolute atomic E-state index is 1.09. The van der Waals surface area contributed by atoms with Gasteiger partial charge < -0.3 is 4.40 Å². The normalized spacial score (nSPS) is 12.2. The molecular weight excluding hydrogens is 480 g/mol. The van der Waals surface area contributed by atoms with E-state index in [4.69, 9.17) is 0 Å². The van der Waals surface area contributed by atoms with E-state index >= 15 is 0 Å². The molecule has 0 spiro atoms. The summed E-state index contributed by atoms with van der Waals surface area (Å²) in [6, 6.07) is 42.2. The Kier molecular flexibility index (Phi) is 3.96. The van der Waals surface area contributed by atoms with E-state index in [1.54, 1.807) is 0 Å². The van der Waals surface area contributed by atoms with Gasteiger partial charge in [-0.15, -0.1) is 11.3 Å². The summed E-state index contributed by atoms with van der Waals surface area (Å²) in [6.45, 7) is 0. The van der Waals surface area contributed by atoms with E-state index in [0.29, 0.717) is 0 Å². The zero-order valence-electron chi connectivity index (χ0n) is 20.3. The maximum absolute atomic E-state index is 4.67. The number of benzene rings is 5. The predicted octanol–water partition coefficient (Wildman–Crippen LogP) is 9.93. The number of hydrogen-bond donors (Lipinski definition) is 0. The second-order valence-corrected chi connectivity index (χ2v) is 11.1. The van der Waals surface area contributed by atoms with Crippen LogP contribution >= 0.6 is 11.3 Å². The molecule has 2 nitrogen and oxygen atoms in total. The number of pyridine rings is 1. The summed E-state index contributed by atoms with van der Waals surface area (Å²) in [4.78, 5) is 4.67. The highest BCUT2D eigenvalue weighted by atomic mass is 32.1. The van der Waals surface area contributed by atoms with Gasteiger partial charge in [0.05, 0.1) is 26.8 Å². The van der Waals surface area contributed by atoms with E-state index in [0.717, 1.165) is 5.52 Å². The van der Waals surface area contributed by atoms with Crippen LogP contribution < -0.4 is 0 Å². The smallest absolute Gasteiger partial charge is 0.0888 e. The van der Waals surface area contributed by atoms with E-state index in [1.807, 2.05) is 23.6 Å². The zero-order valence-corrected chi connectivity index (χ0v) is 21.2. The number of hydrogen-bond acceptors (Lipinski definition) is 2. The van der Waals surface area contributed by atoms with Gasteiger partial charge in [0.1, 0.15) is 0 Å². The quantitative estimate of drug-likeness (QED) is 0.231. The first-order chi connectivity index (χ1) is 18.8. The molecule has 0 atom stereocenters. The fraction of sp³-hybridized carbons (Fsp3) is 0. The predicted molar refractivity (Wildman–Crippen MR) is 163 cm³/mol. The summed E-state index contributed by atoms with van der Waals surface area (Å²) in [5, 5.41) is 6.46. The molecular formula is C35H20N2S. The van der Waals surface area contributed by atoms with Crippen LogP contribution in [-0.2, 0) is 0 Å². The number of fused-ring (bicyclic) bond motifs is 9. The van der Waals surface area contributed by atoms with E-state index in [-0.39, 0.29) is 0 Å². The van der Waals surface area contributed by atoms with Gasteiger partial charge in [-0.25, -0.2) is 0 Å². The summed E-state index contributed by atoms with van der Waals surface area (Å²) in [7, 11) is 0. The molecule has 0 N–H and O–H groups in total. The van der Waals surface area contributed by atoms with Crippen molar-refractivity contribution < 1.29 is 0 Å². The molecule has 0 fully saturated rings. The maximum atomic E-state index is 4.67. The Morgan fingerprint density at radius 1 is 0.474 bits per heavy atom. The van der Waals surface area contributed by atoms with Crippen molar-refractivity contribution in [3.05, 3.63) is 121 Å². The molecule has 0 aliphatic rings. The average Bonchev–Trinajstić information content (AvgIpc) is 3.63. The summed E-state index contributed by atoms with van der Waals surface area (Å²) < 4.78 is 4.95. The van der Waals surface area contributed by atoms with Crippen molar-refractivity contribution in [2.45, 2.75) is 0 Å². The number of aromatic nitrogens is 2. The molecule has 0 aliphatic heterocycles. The lowest BCUT2D eigenvalue weighted by atomic mass is 9.96. The van der Waals surface area contributed by atoms with Crippen molar-refractivity contribution in [1.82, 2.24) is 9.38 Å². The third-order valence-electron chi connectivity index (χ3n) is 7.96. The Morgan fingerprint density at radius 3 is 1.89 bits per heavy atom. The van der Waals surface area contributed by atoms with Gasteiger partial charge in [-0.05, 0) is 76.9 Å².